The molecule has 0 unspecified atom stereocenters. The number of halogens is 2. The quantitative estimate of drug-likeness (QED) is 0.257. The largest absolute Gasteiger partial charge is 0.508 e. The lowest BCUT2D eigenvalue weighted by Gasteiger charge is -2.42. The molecule has 2 spiro atoms. The van der Waals surface area contributed by atoms with Gasteiger partial charge in [0.05, 0.1) is 34.7 Å². The van der Waals surface area contributed by atoms with E-state index in [1.807, 2.05) is 0 Å². The van der Waals surface area contributed by atoms with Gasteiger partial charge in [0.25, 0.3) is 0 Å². The molecule has 4 fully saturated rings. The van der Waals surface area contributed by atoms with Crippen LogP contribution in [-0.2, 0) is 9.53 Å². The van der Waals surface area contributed by atoms with Gasteiger partial charge in [-0.15, -0.1) is 6.42 Å². The maximum atomic E-state index is 17.0. The fourth-order valence-corrected chi connectivity index (χ4v) is 9.06. The number of hydrogen-bond acceptors (Lipinski definition) is 10. The van der Waals surface area contributed by atoms with Gasteiger partial charge in [0, 0.05) is 55.8 Å². The molecular weight excluding hydrogens is 644 g/mol. The summed E-state index contributed by atoms with van der Waals surface area (Å²) in [4.78, 5) is 31.6. The molecule has 0 radical (unpaired) electrons. The highest BCUT2D eigenvalue weighted by Gasteiger charge is 2.50. The topological polar surface area (TPSA) is 125 Å². The first-order valence-electron chi connectivity index (χ1n) is 17.3. The Hall–Kier alpha value is -4.64. The Labute approximate surface area is 287 Å². The molecule has 4 aromatic rings. The summed E-state index contributed by atoms with van der Waals surface area (Å²) in [6.07, 6.45) is 12.0. The third kappa shape index (κ3) is 5.11. The van der Waals surface area contributed by atoms with Crippen LogP contribution in [0.2, 0.25) is 0 Å². The van der Waals surface area contributed by atoms with Crippen LogP contribution in [0.5, 0.6) is 11.8 Å². The lowest BCUT2D eigenvalue weighted by atomic mass is 9.94. The van der Waals surface area contributed by atoms with Crippen molar-refractivity contribution in [1.29, 1.82) is 0 Å². The summed E-state index contributed by atoms with van der Waals surface area (Å²) >= 11 is 0. The molecule has 5 aliphatic heterocycles. The SMILES string of the molecule is C#Cc1c(F)ccc2cc(O)cc(-c3ncc4c5nc(nc4c3F)OC[C@]34CCCN3C[C@@H](C4)OCCC(=O)NC[C@]34CC[C@H](CN5C3)N4)c12. The second-order valence-corrected chi connectivity index (χ2v) is 14.5. The summed E-state index contributed by atoms with van der Waals surface area (Å²) < 4.78 is 44.6. The number of aromatic nitrogens is 3. The Morgan fingerprint density at radius 3 is 2.94 bits per heavy atom. The number of amides is 1. The third-order valence-electron chi connectivity index (χ3n) is 11.4. The summed E-state index contributed by atoms with van der Waals surface area (Å²) in [7, 11) is 0. The zero-order valence-electron chi connectivity index (χ0n) is 27.5. The van der Waals surface area contributed by atoms with Gasteiger partial charge in [0.2, 0.25) is 5.91 Å². The number of pyridine rings is 1. The number of phenolic OH excluding ortho intramolecular Hbond substituents is 1. The van der Waals surface area contributed by atoms with Gasteiger partial charge in [-0.25, -0.2) is 8.78 Å². The van der Waals surface area contributed by atoms with Gasteiger partial charge in [0.1, 0.15) is 35.2 Å². The Bertz CT molecular complexity index is 2110. The standard InChI is InChI=1S/C37H37F2N7O4/c1-2-25-28(38)5-4-21-12-23(47)13-26(30(21)25)32-31(39)33-27(15-40-32)34-43-35(42-33)50-20-37-8-3-10-46(37)17-24(14-37)49-11-7-29(48)41-18-36-9-6-22(44-36)16-45(34)19-36/h1,4-5,12-13,15,22,24,44,47H,3,6-11,14,16-20H2,(H,41,48)/t22-,24-,36-,37-/m1/s1. The summed E-state index contributed by atoms with van der Waals surface area (Å²) in [6, 6.07) is 5.68. The molecule has 9 rings (SSSR count). The molecule has 11 nitrogen and oxygen atoms in total. The maximum absolute atomic E-state index is 17.0. The number of fused-ring (bicyclic) bond motifs is 9. The van der Waals surface area contributed by atoms with E-state index in [0.29, 0.717) is 49.4 Å². The molecule has 50 heavy (non-hydrogen) atoms. The minimum absolute atomic E-state index is 0.00953. The van der Waals surface area contributed by atoms with E-state index in [4.69, 9.17) is 20.9 Å². The van der Waals surface area contributed by atoms with Crippen LogP contribution in [0.25, 0.3) is 32.9 Å². The number of phenols is 1. The molecule has 7 bridgehead atoms. The fraction of sp³-hybridized carbons (Fsp3) is 0.459. The molecule has 2 aromatic heterocycles. The molecule has 5 aliphatic rings. The van der Waals surface area contributed by atoms with E-state index in [0.717, 1.165) is 45.2 Å². The van der Waals surface area contributed by atoms with E-state index in [9.17, 15) is 14.3 Å². The lowest BCUT2D eigenvalue weighted by molar-refractivity contribution is -0.122. The van der Waals surface area contributed by atoms with Gasteiger partial charge in [0.15, 0.2) is 5.82 Å². The predicted octanol–water partition coefficient (Wildman–Crippen LogP) is 3.64. The number of rotatable bonds is 1. The maximum Gasteiger partial charge on any atom is 0.319 e. The molecule has 2 aromatic carbocycles. The minimum atomic E-state index is -0.768. The minimum Gasteiger partial charge on any atom is -0.508 e. The number of aromatic hydroxyl groups is 1. The second-order valence-electron chi connectivity index (χ2n) is 14.5. The summed E-state index contributed by atoms with van der Waals surface area (Å²) in [5, 5.41) is 18.6. The van der Waals surface area contributed by atoms with Crippen molar-refractivity contribution in [2.24, 2.45) is 0 Å². The van der Waals surface area contributed by atoms with E-state index in [-0.39, 0.29) is 69.5 Å². The average Bonchev–Trinajstić information content (AvgIpc) is 3.75. The second kappa shape index (κ2) is 11.7. The highest BCUT2D eigenvalue weighted by atomic mass is 19.1. The summed E-state index contributed by atoms with van der Waals surface area (Å²) in [5.74, 6) is 1.27. The summed E-state index contributed by atoms with van der Waals surface area (Å²) in [5.41, 5.74) is -0.739. The van der Waals surface area contributed by atoms with Crippen LogP contribution in [0.3, 0.4) is 0 Å². The van der Waals surface area contributed by atoms with Crippen LogP contribution in [0.15, 0.2) is 30.5 Å². The highest BCUT2D eigenvalue weighted by molar-refractivity contribution is 6.03. The lowest BCUT2D eigenvalue weighted by Crippen LogP contribution is -2.64. The van der Waals surface area contributed by atoms with Crippen molar-refractivity contribution < 1.29 is 28.2 Å². The van der Waals surface area contributed by atoms with Gasteiger partial charge in [-0.05, 0) is 62.2 Å². The van der Waals surface area contributed by atoms with Crippen molar-refractivity contribution in [2.75, 3.05) is 50.8 Å². The molecule has 4 saturated heterocycles. The van der Waals surface area contributed by atoms with Gasteiger partial charge in [-0.2, -0.15) is 9.97 Å². The number of carbonyl (C=O) groups is 1. The van der Waals surface area contributed by atoms with Crippen molar-refractivity contribution in [1.82, 2.24) is 30.5 Å². The molecule has 13 heteroatoms. The number of nitrogens with one attached hydrogen (secondary N) is 2. The number of benzene rings is 2. The molecule has 7 heterocycles. The molecule has 0 aliphatic carbocycles. The average molecular weight is 682 g/mol. The van der Waals surface area contributed by atoms with Crippen LogP contribution in [-0.4, -0.2) is 100 Å². The Kier molecular flexibility index (Phi) is 7.35. The number of hydrogen-bond donors (Lipinski definition) is 3. The van der Waals surface area contributed by atoms with Crippen LogP contribution in [0.1, 0.15) is 44.1 Å². The Balaban J connectivity index is 1.20. The van der Waals surface area contributed by atoms with Gasteiger partial charge in [-0.1, -0.05) is 12.0 Å². The van der Waals surface area contributed by atoms with Gasteiger partial charge in [-0.3, -0.25) is 14.7 Å². The molecule has 0 saturated carbocycles. The van der Waals surface area contributed by atoms with Gasteiger partial charge >= 0.3 is 6.01 Å². The first-order valence-corrected chi connectivity index (χ1v) is 17.3. The molecular formula is C37H37F2N7O4. The first-order chi connectivity index (χ1) is 24.2. The van der Waals surface area contributed by atoms with Crippen molar-refractivity contribution in [3.05, 3.63) is 47.7 Å². The number of carbonyl (C=O) groups excluding carboxylic acids is 1. The monoisotopic (exact) mass is 681 g/mol. The Morgan fingerprint density at radius 2 is 2.06 bits per heavy atom. The van der Waals surface area contributed by atoms with E-state index in [2.05, 4.69) is 36.3 Å². The van der Waals surface area contributed by atoms with Crippen LogP contribution in [0.4, 0.5) is 14.6 Å². The van der Waals surface area contributed by atoms with E-state index in [1.54, 1.807) is 0 Å². The van der Waals surface area contributed by atoms with Gasteiger partial charge < -0.3 is 30.1 Å². The number of piperazine rings is 1. The third-order valence-corrected chi connectivity index (χ3v) is 11.4. The number of terminal acetylenes is 1. The number of anilines is 1. The van der Waals surface area contributed by atoms with Crippen LogP contribution >= 0.6 is 0 Å². The predicted molar refractivity (Wildman–Crippen MR) is 182 cm³/mol. The van der Waals surface area contributed by atoms with Crippen LogP contribution in [0, 0.1) is 24.0 Å². The smallest absolute Gasteiger partial charge is 0.319 e. The zero-order valence-corrected chi connectivity index (χ0v) is 27.5. The normalized spacial score (nSPS) is 28.3. The molecule has 4 atom stereocenters. The van der Waals surface area contributed by atoms with E-state index >= 15 is 4.39 Å². The molecule has 3 N–H and O–H groups in total. The van der Waals surface area contributed by atoms with Crippen molar-refractivity contribution in [3.63, 3.8) is 0 Å². The van der Waals surface area contributed by atoms with E-state index < -0.39 is 17.2 Å². The zero-order chi connectivity index (χ0) is 34.2. The molecule has 1 amide bonds. The van der Waals surface area contributed by atoms with Crippen molar-refractivity contribution in [3.8, 4) is 35.4 Å². The van der Waals surface area contributed by atoms with E-state index in [1.165, 1.54) is 30.5 Å². The number of nitrogens with zero attached hydrogens (tertiary/aromatic N) is 5. The van der Waals surface area contributed by atoms with Crippen LogP contribution < -0.4 is 20.3 Å². The molecule has 258 valence electrons. The highest BCUT2D eigenvalue weighted by Crippen LogP contribution is 2.42. The first kappa shape index (κ1) is 31.3. The summed E-state index contributed by atoms with van der Waals surface area (Å²) in [6.45, 7) is 3.87. The Morgan fingerprint density at radius 1 is 1.16 bits per heavy atom. The fourth-order valence-electron chi connectivity index (χ4n) is 9.06. The van der Waals surface area contributed by atoms with Crippen molar-refractivity contribution >= 4 is 33.4 Å². The van der Waals surface area contributed by atoms with Crippen molar-refractivity contribution in [2.45, 2.75) is 61.7 Å². The number of ether oxygens (including phenoxy) is 2.